The number of rotatable bonds is 3. The Balaban J connectivity index is 2.02. The first-order valence-electron chi connectivity index (χ1n) is 7.63. The van der Waals surface area contributed by atoms with Crippen LogP contribution in [0.2, 0.25) is 0 Å². The molecule has 2 aromatic carbocycles. The first-order chi connectivity index (χ1) is 11.6. The van der Waals surface area contributed by atoms with Gasteiger partial charge in [0, 0.05) is 17.0 Å². The molecule has 1 N–H and O–H groups in total. The van der Waals surface area contributed by atoms with Crippen molar-refractivity contribution in [1.82, 2.24) is 4.98 Å². The molecule has 2 heterocycles. The monoisotopic (exact) mass is 321 g/mol. The summed E-state index contributed by atoms with van der Waals surface area (Å²) in [4.78, 5) is 16.1. The zero-order chi connectivity index (χ0) is 16.7. The highest BCUT2D eigenvalue weighted by Crippen LogP contribution is 2.39. The highest BCUT2D eigenvalue weighted by Gasteiger charge is 2.20. The number of ether oxygens (including phenoxy) is 2. The van der Waals surface area contributed by atoms with Crippen LogP contribution in [-0.2, 0) is 11.2 Å². The molecule has 0 aliphatic carbocycles. The number of benzene rings is 2. The molecule has 0 amide bonds. The molecular formula is C19H15NO4. The third kappa shape index (κ3) is 2.34. The summed E-state index contributed by atoms with van der Waals surface area (Å²) >= 11 is 0. The molecule has 5 nitrogen and oxygen atoms in total. The van der Waals surface area contributed by atoms with E-state index in [4.69, 9.17) is 14.5 Å². The standard InChI is InChI=1S/C19H15NO4/c1-11-13-7-16-17(24-10-23-16)9-15(13)20-19(14(11)8-18(21)22)12-5-3-2-4-6-12/h2-7,9H,8,10H2,1H3,(H,21,22). The lowest BCUT2D eigenvalue weighted by molar-refractivity contribution is -0.136. The van der Waals surface area contributed by atoms with Gasteiger partial charge in [0.1, 0.15) is 0 Å². The topological polar surface area (TPSA) is 68.7 Å². The Morgan fingerprint density at radius 3 is 2.58 bits per heavy atom. The minimum atomic E-state index is -0.878. The summed E-state index contributed by atoms with van der Waals surface area (Å²) in [5, 5.41) is 10.2. The number of pyridine rings is 1. The molecule has 1 aliphatic rings. The maximum absolute atomic E-state index is 11.4. The van der Waals surface area contributed by atoms with E-state index in [-0.39, 0.29) is 13.2 Å². The smallest absolute Gasteiger partial charge is 0.307 e. The molecule has 3 aromatic rings. The predicted molar refractivity (Wildman–Crippen MR) is 89.4 cm³/mol. The SMILES string of the molecule is Cc1c(CC(=O)O)c(-c2ccccc2)nc2cc3c(cc12)OCO3. The summed E-state index contributed by atoms with van der Waals surface area (Å²) in [5.74, 6) is 0.456. The normalized spacial score (nSPS) is 12.5. The van der Waals surface area contributed by atoms with Crippen molar-refractivity contribution in [2.75, 3.05) is 6.79 Å². The van der Waals surface area contributed by atoms with Crippen LogP contribution in [0.3, 0.4) is 0 Å². The van der Waals surface area contributed by atoms with Crippen LogP contribution in [-0.4, -0.2) is 22.9 Å². The van der Waals surface area contributed by atoms with Crippen LogP contribution in [0.15, 0.2) is 42.5 Å². The van der Waals surface area contributed by atoms with Crippen LogP contribution in [0.4, 0.5) is 0 Å². The molecule has 24 heavy (non-hydrogen) atoms. The van der Waals surface area contributed by atoms with E-state index in [0.717, 1.165) is 27.6 Å². The van der Waals surface area contributed by atoms with Gasteiger partial charge in [-0.3, -0.25) is 4.79 Å². The van der Waals surface area contributed by atoms with Gasteiger partial charge >= 0.3 is 5.97 Å². The summed E-state index contributed by atoms with van der Waals surface area (Å²) in [5.41, 5.74) is 3.99. The number of carboxylic acids is 1. The second kappa shape index (κ2) is 5.53. The van der Waals surface area contributed by atoms with Crippen molar-refractivity contribution in [3.8, 4) is 22.8 Å². The molecule has 0 bridgehead atoms. The molecule has 0 atom stereocenters. The first-order valence-corrected chi connectivity index (χ1v) is 7.63. The third-order valence-corrected chi connectivity index (χ3v) is 4.24. The second-order valence-electron chi connectivity index (χ2n) is 5.72. The van der Waals surface area contributed by atoms with Crippen molar-refractivity contribution >= 4 is 16.9 Å². The second-order valence-corrected chi connectivity index (χ2v) is 5.72. The van der Waals surface area contributed by atoms with Crippen molar-refractivity contribution in [2.45, 2.75) is 13.3 Å². The van der Waals surface area contributed by atoms with E-state index in [9.17, 15) is 9.90 Å². The largest absolute Gasteiger partial charge is 0.481 e. The van der Waals surface area contributed by atoms with Crippen molar-refractivity contribution in [3.05, 3.63) is 53.6 Å². The summed E-state index contributed by atoms with van der Waals surface area (Å²) in [6.07, 6.45) is -0.0759. The van der Waals surface area contributed by atoms with Gasteiger partial charge in [0.25, 0.3) is 0 Å². The zero-order valence-electron chi connectivity index (χ0n) is 13.1. The Labute approximate surface area is 138 Å². The molecular weight excluding hydrogens is 306 g/mol. The fourth-order valence-corrected chi connectivity index (χ4v) is 3.05. The lowest BCUT2D eigenvalue weighted by atomic mass is 9.95. The fourth-order valence-electron chi connectivity index (χ4n) is 3.05. The summed E-state index contributed by atoms with van der Waals surface area (Å²) in [6, 6.07) is 13.4. The van der Waals surface area contributed by atoms with E-state index in [2.05, 4.69) is 0 Å². The molecule has 0 spiro atoms. The maximum atomic E-state index is 11.4. The number of carbonyl (C=O) groups is 1. The van der Waals surface area contributed by atoms with Gasteiger partial charge in [-0.05, 0) is 24.1 Å². The van der Waals surface area contributed by atoms with Crippen molar-refractivity contribution in [2.24, 2.45) is 0 Å². The summed E-state index contributed by atoms with van der Waals surface area (Å²) in [6.45, 7) is 2.12. The van der Waals surface area contributed by atoms with Gasteiger partial charge in [-0.2, -0.15) is 0 Å². The first kappa shape index (κ1) is 14.5. The Hall–Kier alpha value is -3.08. The number of hydrogen-bond donors (Lipinski definition) is 1. The third-order valence-electron chi connectivity index (χ3n) is 4.24. The quantitative estimate of drug-likeness (QED) is 0.799. The molecule has 5 heteroatoms. The van der Waals surface area contributed by atoms with E-state index in [1.165, 1.54) is 0 Å². The number of nitrogens with zero attached hydrogens (tertiary/aromatic N) is 1. The van der Waals surface area contributed by atoms with E-state index < -0.39 is 5.97 Å². The van der Waals surface area contributed by atoms with Crippen molar-refractivity contribution < 1.29 is 19.4 Å². The van der Waals surface area contributed by atoms with Crippen LogP contribution in [0, 0.1) is 6.92 Å². The van der Waals surface area contributed by atoms with E-state index in [0.29, 0.717) is 17.2 Å². The highest BCUT2D eigenvalue weighted by molar-refractivity contribution is 5.91. The van der Waals surface area contributed by atoms with E-state index >= 15 is 0 Å². The van der Waals surface area contributed by atoms with Crippen LogP contribution in [0.1, 0.15) is 11.1 Å². The molecule has 4 rings (SSSR count). The van der Waals surface area contributed by atoms with Gasteiger partial charge in [-0.15, -0.1) is 0 Å². The van der Waals surface area contributed by atoms with Crippen molar-refractivity contribution in [3.63, 3.8) is 0 Å². The van der Waals surface area contributed by atoms with Gasteiger partial charge in [0.15, 0.2) is 11.5 Å². The number of aromatic nitrogens is 1. The van der Waals surface area contributed by atoms with Gasteiger partial charge < -0.3 is 14.6 Å². The van der Waals surface area contributed by atoms with Gasteiger partial charge in [0.2, 0.25) is 6.79 Å². The molecule has 0 radical (unpaired) electrons. The molecule has 0 saturated heterocycles. The lowest BCUT2D eigenvalue weighted by Crippen LogP contribution is -2.06. The van der Waals surface area contributed by atoms with Gasteiger partial charge in [0.05, 0.1) is 17.6 Å². The van der Waals surface area contributed by atoms with Crippen LogP contribution >= 0.6 is 0 Å². The molecule has 0 unspecified atom stereocenters. The molecule has 1 aliphatic heterocycles. The van der Waals surface area contributed by atoms with Crippen molar-refractivity contribution in [1.29, 1.82) is 0 Å². The molecule has 1 aromatic heterocycles. The van der Waals surface area contributed by atoms with Gasteiger partial charge in [-0.25, -0.2) is 4.98 Å². The number of aryl methyl sites for hydroxylation is 1. The summed E-state index contributed by atoms with van der Waals surface area (Å²) in [7, 11) is 0. The highest BCUT2D eigenvalue weighted by atomic mass is 16.7. The Morgan fingerprint density at radius 1 is 1.17 bits per heavy atom. The van der Waals surface area contributed by atoms with E-state index in [1.807, 2.05) is 49.4 Å². The number of hydrogen-bond acceptors (Lipinski definition) is 4. The van der Waals surface area contributed by atoms with Crippen LogP contribution in [0.25, 0.3) is 22.2 Å². The number of fused-ring (bicyclic) bond motifs is 2. The minimum absolute atomic E-state index is 0.0759. The molecule has 120 valence electrons. The lowest BCUT2D eigenvalue weighted by Gasteiger charge is -2.14. The minimum Gasteiger partial charge on any atom is -0.481 e. The fraction of sp³-hybridized carbons (Fsp3) is 0.158. The summed E-state index contributed by atoms with van der Waals surface area (Å²) < 4.78 is 10.9. The molecule has 0 saturated carbocycles. The average molecular weight is 321 g/mol. The zero-order valence-corrected chi connectivity index (χ0v) is 13.1. The van der Waals surface area contributed by atoms with Crippen LogP contribution in [0.5, 0.6) is 11.5 Å². The number of aliphatic carboxylic acids is 1. The van der Waals surface area contributed by atoms with Gasteiger partial charge in [-0.1, -0.05) is 30.3 Å². The Bertz CT molecular complexity index is 951. The van der Waals surface area contributed by atoms with Crippen LogP contribution < -0.4 is 9.47 Å². The predicted octanol–water partition coefficient (Wildman–Crippen LogP) is 3.57. The molecule has 0 fully saturated rings. The average Bonchev–Trinajstić information content (AvgIpc) is 3.03. The van der Waals surface area contributed by atoms with E-state index in [1.54, 1.807) is 0 Å². The Kier molecular flexibility index (Phi) is 3.34. The maximum Gasteiger partial charge on any atom is 0.307 e. The number of carboxylic acid groups (broad SMARTS) is 1. The Morgan fingerprint density at radius 2 is 1.88 bits per heavy atom.